The van der Waals surface area contributed by atoms with E-state index in [1.54, 1.807) is 0 Å². The summed E-state index contributed by atoms with van der Waals surface area (Å²) in [7, 11) is 0. The Bertz CT molecular complexity index is 376. The van der Waals surface area contributed by atoms with Gasteiger partial charge in [-0.15, -0.1) is 0 Å². The van der Waals surface area contributed by atoms with Crippen LogP contribution >= 0.6 is 0 Å². The molecular formula is C9H10FN3O. The van der Waals surface area contributed by atoms with Gasteiger partial charge in [0.05, 0.1) is 11.9 Å². The number of pyridine rings is 1. The molecule has 1 aliphatic rings. The number of anilines is 1. The van der Waals surface area contributed by atoms with Crippen LogP contribution in [0.2, 0.25) is 0 Å². The van der Waals surface area contributed by atoms with Crippen molar-refractivity contribution in [2.75, 3.05) is 5.73 Å². The average Bonchev–Trinajstić information content (AvgIpc) is 2.87. The highest BCUT2D eigenvalue weighted by Crippen LogP contribution is 2.19. The summed E-state index contributed by atoms with van der Waals surface area (Å²) in [6.07, 6.45) is 3.19. The zero-order chi connectivity index (χ0) is 10.1. The fraction of sp³-hybridized carbons (Fsp3) is 0.333. The van der Waals surface area contributed by atoms with E-state index in [1.165, 1.54) is 6.20 Å². The van der Waals surface area contributed by atoms with E-state index in [-0.39, 0.29) is 17.4 Å². The van der Waals surface area contributed by atoms with Gasteiger partial charge in [0, 0.05) is 12.1 Å². The van der Waals surface area contributed by atoms with Crippen molar-refractivity contribution in [1.82, 2.24) is 10.3 Å². The molecule has 4 nitrogen and oxygen atoms in total. The van der Waals surface area contributed by atoms with E-state index >= 15 is 0 Å². The minimum Gasteiger partial charge on any atom is -0.397 e. The molecule has 0 spiro atoms. The van der Waals surface area contributed by atoms with Crippen LogP contribution in [0.5, 0.6) is 0 Å². The average molecular weight is 195 g/mol. The highest BCUT2D eigenvalue weighted by Gasteiger charge is 2.25. The lowest BCUT2D eigenvalue weighted by Crippen LogP contribution is -2.27. The SMILES string of the molecule is Nc1cnc(C(=O)NC2CC2)c(F)c1. The molecule has 0 unspecified atom stereocenters. The molecule has 1 aromatic rings. The van der Waals surface area contributed by atoms with Gasteiger partial charge in [0.2, 0.25) is 0 Å². The van der Waals surface area contributed by atoms with Crippen LogP contribution in [-0.2, 0) is 0 Å². The van der Waals surface area contributed by atoms with Gasteiger partial charge in [0.1, 0.15) is 0 Å². The number of rotatable bonds is 2. The molecule has 1 aliphatic carbocycles. The first-order valence-electron chi connectivity index (χ1n) is 4.38. The molecule has 1 amide bonds. The molecule has 0 aromatic carbocycles. The van der Waals surface area contributed by atoms with E-state index in [4.69, 9.17) is 5.73 Å². The predicted molar refractivity (Wildman–Crippen MR) is 49.1 cm³/mol. The highest BCUT2D eigenvalue weighted by molar-refractivity contribution is 5.93. The number of nitrogens with two attached hydrogens (primary N) is 1. The van der Waals surface area contributed by atoms with Gasteiger partial charge in [-0.2, -0.15) is 0 Å². The molecule has 1 heterocycles. The fourth-order valence-corrected chi connectivity index (χ4v) is 1.10. The molecule has 0 saturated heterocycles. The summed E-state index contributed by atoms with van der Waals surface area (Å²) in [4.78, 5) is 15.0. The Hall–Kier alpha value is -1.65. The zero-order valence-corrected chi connectivity index (χ0v) is 7.46. The second kappa shape index (κ2) is 3.25. The van der Waals surface area contributed by atoms with Gasteiger partial charge in [0.25, 0.3) is 5.91 Å². The summed E-state index contributed by atoms with van der Waals surface area (Å²) in [5, 5.41) is 2.65. The van der Waals surface area contributed by atoms with Crippen molar-refractivity contribution in [3.05, 3.63) is 23.8 Å². The largest absolute Gasteiger partial charge is 0.397 e. The van der Waals surface area contributed by atoms with Crippen molar-refractivity contribution in [2.45, 2.75) is 18.9 Å². The van der Waals surface area contributed by atoms with Crippen molar-refractivity contribution in [3.63, 3.8) is 0 Å². The van der Waals surface area contributed by atoms with Gasteiger partial charge < -0.3 is 11.1 Å². The molecular weight excluding hydrogens is 185 g/mol. The number of carbonyl (C=O) groups excluding carboxylic acids is 1. The summed E-state index contributed by atoms with van der Waals surface area (Å²) in [5.74, 6) is -1.15. The fourth-order valence-electron chi connectivity index (χ4n) is 1.10. The Labute approximate surface area is 80.3 Å². The number of nitrogens with one attached hydrogen (secondary N) is 1. The first-order valence-corrected chi connectivity index (χ1v) is 4.38. The first-order chi connectivity index (χ1) is 6.66. The normalized spacial score (nSPS) is 15.2. The smallest absolute Gasteiger partial charge is 0.273 e. The molecule has 2 rings (SSSR count). The van der Waals surface area contributed by atoms with E-state index in [1.807, 2.05) is 0 Å². The van der Waals surface area contributed by atoms with Crippen LogP contribution in [0.4, 0.5) is 10.1 Å². The van der Waals surface area contributed by atoms with Gasteiger partial charge in [-0.1, -0.05) is 0 Å². The van der Waals surface area contributed by atoms with Crippen molar-refractivity contribution >= 4 is 11.6 Å². The molecule has 0 aliphatic heterocycles. The van der Waals surface area contributed by atoms with Gasteiger partial charge >= 0.3 is 0 Å². The third-order valence-corrected chi connectivity index (χ3v) is 1.99. The Morgan fingerprint density at radius 3 is 2.93 bits per heavy atom. The molecule has 14 heavy (non-hydrogen) atoms. The van der Waals surface area contributed by atoms with Gasteiger partial charge in [-0.25, -0.2) is 9.37 Å². The van der Waals surface area contributed by atoms with Gasteiger partial charge in [-0.3, -0.25) is 4.79 Å². The predicted octanol–water partition coefficient (Wildman–Crippen LogP) is 0.695. The van der Waals surface area contributed by atoms with Crippen molar-refractivity contribution in [1.29, 1.82) is 0 Å². The number of hydrogen-bond acceptors (Lipinski definition) is 3. The van der Waals surface area contributed by atoms with Crippen LogP contribution in [-0.4, -0.2) is 16.9 Å². The summed E-state index contributed by atoms with van der Waals surface area (Å²) in [6.45, 7) is 0. The third-order valence-electron chi connectivity index (χ3n) is 1.99. The summed E-state index contributed by atoms with van der Waals surface area (Å²) >= 11 is 0. The molecule has 1 aromatic heterocycles. The number of hydrogen-bond donors (Lipinski definition) is 2. The standard InChI is InChI=1S/C9H10FN3O/c10-7-3-5(11)4-12-8(7)9(14)13-6-1-2-6/h3-4,6H,1-2,11H2,(H,13,14). The summed E-state index contributed by atoms with van der Waals surface area (Å²) < 4.78 is 13.2. The Balaban J connectivity index is 2.17. The molecule has 3 N–H and O–H groups in total. The topological polar surface area (TPSA) is 68.0 Å². The quantitative estimate of drug-likeness (QED) is 0.729. The van der Waals surface area contributed by atoms with E-state index in [9.17, 15) is 9.18 Å². The minimum absolute atomic E-state index is 0.189. The molecule has 1 fully saturated rings. The van der Waals surface area contributed by atoms with E-state index in [0.717, 1.165) is 18.9 Å². The second-order valence-corrected chi connectivity index (χ2v) is 3.35. The summed E-state index contributed by atoms with van der Waals surface area (Å²) in [5.41, 5.74) is 5.33. The maximum absolute atomic E-state index is 13.2. The molecule has 0 bridgehead atoms. The van der Waals surface area contributed by atoms with Crippen LogP contribution in [0.25, 0.3) is 0 Å². The molecule has 0 radical (unpaired) electrons. The molecule has 74 valence electrons. The maximum atomic E-state index is 13.2. The van der Waals surface area contributed by atoms with Crippen molar-refractivity contribution in [2.24, 2.45) is 0 Å². The maximum Gasteiger partial charge on any atom is 0.273 e. The second-order valence-electron chi connectivity index (χ2n) is 3.35. The molecule has 0 atom stereocenters. The Kier molecular flexibility index (Phi) is 2.07. The third kappa shape index (κ3) is 1.81. The number of carbonyl (C=O) groups is 1. The van der Waals surface area contributed by atoms with Crippen molar-refractivity contribution < 1.29 is 9.18 Å². The number of halogens is 1. The Morgan fingerprint density at radius 2 is 2.36 bits per heavy atom. The lowest BCUT2D eigenvalue weighted by molar-refractivity contribution is 0.0941. The van der Waals surface area contributed by atoms with Crippen LogP contribution in [0, 0.1) is 5.82 Å². The molecule has 5 heteroatoms. The summed E-state index contributed by atoms with van der Waals surface area (Å²) in [6, 6.07) is 1.29. The number of nitrogen functional groups attached to an aromatic ring is 1. The first kappa shape index (κ1) is 8.93. The van der Waals surface area contributed by atoms with Crippen LogP contribution < -0.4 is 11.1 Å². The number of aromatic nitrogens is 1. The lowest BCUT2D eigenvalue weighted by atomic mass is 10.3. The van der Waals surface area contributed by atoms with E-state index in [2.05, 4.69) is 10.3 Å². The molecule has 1 saturated carbocycles. The van der Waals surface area contributed by atoms with Crippen LogP contribution in [0.15, 0.2) is 12.3 Å². The Morgan fingerprint density at radius 1 is 1.64 bits per heavy atom. The van der Waals surface area contributed by atoms with E-state index in [0.29, 0.717) is 0 Å². The monoisotopic (exact) mass is 195 g/mol. The van der Waals surface area contributed by atoms with Crippen LogP contribution in [0.1, 0.15) is 23.3 Å². The number of nitrogens with zero attached hydrogens (tertiary/aromatic N) is 1. The van der Waals surface area contributed by atoms with Crippen LogP contribution in [0.3, 0.4) is 0 Å². The minimum atomic E-state index is -0.678. The van der Waals surface area contributed by atoms with E-state index < -0.39 is 11.7 Å². The van der Waals surface area contributed by atoms with Gasteiger partial charge in [-0.05, 0) is 12.8 Å². The highest BCUT2D eigenvalue weighted by atomic mass is 19.1. The number of amides is 1. The lowest BCUT2D eigenvalue weighted by Gasteiger charge is -2.03. The zero-order valence-electron chi connectivity index (χ0n) is 7.46. The van der Waals surface area contributed by atoms with Gasteiger partial charge in [0.15, 0.2) is 11.5 Å². The van der Waals surface area contributed by atoms with Crippen molar-refractivity contribution in [3.8, 4) is 0 Å².